The lowest BCUT2D eigenvalue weighted by molar-refractivity contribution is -0.133. The fourth-order valence-electron chi connectivity index (χ4n) is 3.93. The molecule has 2 aliphatic rings. The number of hydrogen-bond acceptors (Lipinski definition) is 5. The lowest BCUT2D eigenvalue weighted by Gasteiger charge is -2.32. The topological polar surface area (TPSA) is 89.1 Å². The van der Waals surface area contributed by atoms with Gasteiger partial charge >= 0.3 is 0 Å². The minimum absolute atomic E-state index is 0.0532. The van der Waals surface area contributed by atoms with Gasteiger partial charge in [0.2, 0.25) is 5.91 Å². The van der Waals surface area contributed by atoms with Gasteiger partial charge in [0.05, 0.1) is 24.9 Å². The lowest BCUT2D eigenvalue weighted by atomic mass is 9.96. The average Bonchev–Trinajstić information content (AvgIpc) is 3.31. The van der Waals surface area contributed by atoms with Crippen molar-refractivity contribution in [3.63, 3.8) is 0 Å². The monoisotopic (exact) mass is 386 g/mol. The van der Waals surface area contributed by atoms with E-state index in [1.165, 1.54) is 0 Å². The lowest BCUT2D eigenvalue weighted by Crippen LogP contribution is -2.40. The molecule has 1 amide bonds. The van der Waals surface area contributed by atoms with Gasteiger partial charge in [0, 0.05) is 37.7 Å². The van der Waals surface area contributed by atoms with E-state index < -0.39 is 0 Å². The molecule has 0 aromatic carbocycles. The van der Waals surface area contributed by atoms with Crippen LogP contribution in [0.5, 0.6) is 0 Å². The van der Waals surface area contributed by atoms with Crippen LogP contribution in [0.15, 0.2) is 12.4 Å². The zero-order chi connectivity index (χ0) is 19.5. The van der Waals surface area contributed by atoms with E-state index in [2.05, 4.69) is 12.0 Å². The Morgan fingerprint density at radius 2 is 2.14 bits per heavy atom. The van der Waals surface area contributed by atoms with Crippen LogP contribution in [-0.4, -0.2) is 60.2 Å². The molecular weight excluding hydrogens is 356 g/mol. The second-order valence-corrected chi connectivity index (χ2v) is 7.98. The summed E-state index contributed by atoms with van der Waals surface area (Å²) in [5, 5.41) is 18.1. The van der Waals surface area contributed by atoms with E-state index in [0.29, 0.717) is 18.3 Å². The van der Waals surface area contributed by atoms with Crippen LogP contribution < -0.4 is 0 Å². The number of hydrogen-bond donors (Lipinski definition) is 1. The number of nitrogens with zero attached hydrogens (tertiary/aromatic N) is 6. The minimum Gasteiger partial charge on any atom is -0.394 e. The van der Waals surface area contributed by atoms with Crippen LogP contribution in [0.25, 0.3) is 11.4 Å². The Balaban J connectivity index is 1.56. The molecule has 1 aliphatic carbocycles. The van der Waals surface area contributed by atoms with E-state index in [0.717, 1.165) is 69.5 Å². The molecule has 1 saturated carbocycles. The molecule has 0 radical (unpaired) electrons. The van der Waals surface area contributed by atoms with Gasteiger partial charge in [-0.2, -0.15) is 10.2 Å². The Kier molecular flexibility index (Phi) is 5.75. The largest absolute Gasteiger partial charge is 0.394 e. The maximum Gasteiger partial charge on any atom is 0.225 e. The van der Waals surface area contributed by atoms with Crippen LogP contribution in [0.1, 0.15) is 57.2 Å². The van der Waals surface area contributed by atoms with Crippen molar-refractivity contribution in [2.75, 3.05) is 19.7 Å². The molecule has 2 fully saturated rings. The summed E-state index contributed by atoms with van der Waals surface area (Å²) in [6.45, 7) is 5.16. The summed E-state index contributed by atoms with van der Waals surface area (Å²) >= 11 is 0. The maximum absolute atomic E-state index is 12.5. The molecule has 0 spiro atoms. The number of carbonyl (C=O) groups is 1. The molecule has 8 nitrogen and oxygen atoms in total. The molecule has 2 aromatic heterocycles. The first-order chi connectivity index (χ1) is 13.7. The molecule has 1 atom stereocenters. The predicted molar refractivity (Wildman–Crippen MR) is 105 cm³/mol. The average molecular weight is 387 g/mol. The number of piperidine rings is 1. The SMILES string of the molecule is CCCCn1nc(-c2cnn(CCO)c2)nc1C1CCCN(C(=O)C2CC2)C1. The van der Waals surface area contributed by atoms with Crippen molar-refractivity contribution < 1.29 is 9.90 Å². The van der Waals surface area contributed by atoms with Crippen LogP contribution in [0.2, 0.25) is 0 Å². The highest BCUT2D eigenvalue weighted by atomic mass is 16.3. The van der Waals surface area contributed by atoms with E-state index >= 15 is 0 Å². The van der Waals surface area contributed by atoms with Crippen LogP contribution in [0, 0.1) is 5.92 Å². The Morgan fingerprint density at radius 3 is 2.89 bits per heavy atom. The number of rotatable bonds is 8. The number of aliphatic hydroxyl groups excluding tert-OH is 1. The standard InChI is InChI=1S/C20H30N6O2/c1-2-3-9-26-19(16-5-4-8-24(13-16)20(28)15-6-7-15)22-18(23-26)17-12-21-25(14-17)10-11-27/h12,14-16,27H,2-11,13H2,1H3. The van der Waals surface area contributed by atoms with Gasteiger partial charge in [-0.05, 0) is 32.1 Å². The highest BCUT2D eigenvalue weighted by Crippen LogP contribution is 2.34. The molecule has 3 heterocycles. The summed E-state index contributed by atoms with van der Waals surface area (Å²) in [6, 6.07) is 0. The molecule has 1 unspecified atom stereocenters. The third kappa shape index (κ3) is 4.11. The quantitative estimate of drug-likeness (QED) is 0.750. The summed E-state index contributed by atoms with van der Waals surface area (Å²) in [6.07, 6.45) is 9.95. The number of aliphatic hydroxyl groups is 1. The number of aryl methyl sites for hydroxylation is 1. The van der Waals surface area contributed by atoms with Crippen LogP contribution in [-0.2, 0) is 17.9 Å². The van der Waals surface area contributed by atoms with Crippen molar-refractivity contribution in [2.24, 2.45) is 5.92 Å². The van der Waals surface area contributed by atoms with Gasteiger partial charge < -0.3 is 10.0 Å². The van der Waals surface area contributed by atoms with Crippen molar-refractivity contribution in [3.8, 4) is 11.4 Å². The summed E-state index contributed by atoms with van der Waals surface area (Å²) in [7, 11) is 0. The third-order valence-corrected chi connectivity index (χ3v) is 5.67. The van der Waals surface area contributed by atoms with E-state index in [1.54, 1.807) is 10.9 Å². The first-order valence-electron chi connectivity index (χ1n) is 10.6. The molecule has 1 N–H and O–H groups in total. The first-order valence-corrected chi connectivity index (χ1v) is 10.6. The van der Waals surface area contributed by atoms with Gasteiger partial charge in [0.25, 0.3) is 0 Å². The summed E-state index contributed by atoms with van der Waals surface area (Å²) < 4.78 is 3.75. The molecule has 2 aromatic rings. The maximum atomic E-state index is 12.5. The zero-order valence-corrected chi connectivity index (χ0v) is 16.6. The number of amides is 1. The van der Waals surface area contributed by atoms with Crippen molar-refractivity contribution in [1.29, 1.82) is 0 Å². The third-order valence-electron chi connectivity index (χ3n) is 5.67. The molecule has 152 valence electrons. The predicted octanol–water partition coefficient (Wildman–Crippen LogP) is 2.05. The molecule has 1 saturated heterocycles. The highest BCUT2D eigenvalue weighted by molar-refractivity contribution is 5.81. The minimum atomic E-state index is 0.0532. The Labute approximate surface area is 165 Å². The molecule has 4 rings (SSSR count). The van der Waals surface area contributed by atoms with Gasteiger partial charge in [-0.3, -0.25) is 9.48 Å². The van der Waals surface area contributed by atoms with Gasteiger partial charge in [-0.15, -0.1) is 0 Å². The van der Waals surface area contributed by atoms with E-state index in [4.69, 9.17) is 15.2 Å². The molecule has 28 heavy (non-hydrogen) atoms. The summed E-state index contributed by atoms with van der Waals surface area (Å²) in [4.78, 5) is 19.5. The normalized spacial score (nSPS) is 19.9. The van der Waals surface area contributed by atoms with E-state index in [-0.39, 0.29) is 18.4 Å². The van der Waals surface area contributed by atoms with Crippen molar-refractivity contribution >= 4 is 5.91 Å². The van der Waals surface area contributed by atoms with Crippen LogP contribution >= 0.6 is 0 Å². The molecule has 1 aliphatic heterocycles. The summed E-state index contributed by atoms with van der Waals surface area (Å²) in [5.41, 5.74) is 0.867. The molecule has 0 bridgehead atoms. The summed E-state index contributed by atoms with van der Waals surface area (Å²) in [5.74, 6) is 2.51. The number of unbranched alkanes of at least 4 members (excludes halogenated alkanes) is 1. The first kappa shape index (κ1) is 19.1. The second-order valence-electron chi connectivity index (χ2n) is 7.98. The zero-order valence-electron chi connectivity index (χ0n) is 16.6. The van der Waals surface area contributed by atoms with Gasteiger partial charge in [0.1, 0.15) is 5.82 Å². The van der Waals surface area contributed by atoms with Gasteiger partial charge in [-0.25, -0.2) is 9.67 Å². The van der Waals surface area contributed by atoms with Gasteiger partial charge in [-0.1, -0.05) is 13.3 Å². The highest BCUT2D eigenvalue weighted by Gasteiger charge is 2.36. The number of aromatic nitrogens is 5. The fraction of sp³-hybridized carbons (Fsp3) is 0.700. The van der Waals surface area contributed by atoms with Crippen molar-refractivity contribution in [1.82, 2.24) is 29.4 Å². The van der Waals surface area contributed by atoms with Crippen molar-refractivity contribution in [3.05, 3.63) is 18.2 Å². The van der Waals surface area contributed by atoms with E-state index in [1.807, 2.05) is 15.8 Å². The Hall–Kier alpha value is -2.22. The van der Waals surface area contributed by atoms with Gasteiger partial charge in [0.15, 0.2) is 5.82 Å². The smallest absolute Gasteiger partial charge is 0.225 e. The van der Waals surface area contributed by atoms with Crippen LogP contribution in [0.3, 0.4) is 0 Å². The molecule has 8 heteroatoms. The van der Waals surface area contributed by atoms with Crippen LogP contribution in [0.4, 0.5) is 0 Å². The second kappa shape index (κ2) is 8.43. The van der Waals surface area contributed by atoms with Crippen molar-refractivity contribution in [2.45, 2.75) is 64.5 Å². The fourth-order valence-corrected chi connectivity index (χ4v) is 3.93. The van der Waals surface area contributed by atoms with E-state index in [9.17, 15) is 4.79 Å². The Morgan fingerprint density at radius 1 is 1.29 bits per heavy atom. The molecular formula is C20H30N6O2. The number of carbonyl (C=O) groups excluding carboxylic acids is 1. The Bertz CT molecular complexity index is 809. The number of likely N-dealkylation sites (tertiary alicyclic amines) is 1.